The van der Waals surface area contributed by atoms with Gasteiger partial charge in [-0.05, 0) is 43.2 Å². The van der Waals surface area contributed by atoms with Crippen LogP contribution in [0.4, 0.5) is 5.69 Å². The van der Waals surface area contributed by atoms with Gasteiger partial charge in [-0.1, -0.05) is 24.3 Å². The Morgan fingerprint density at radius 3 is 2.70 bits per heavy atom. The number of benzene rings is 2. The summed E-state index contributed by atoms with van der Waals surface area (Å²) in [4.78, 5) is 4.32. The highest BCUT2D eigenvalue weighted by Crippen LogP contribution is 2.35. The van der Waals surface area contributed by atoms with Crippen molar-refractivity contribution < 1.29 is 4.74 Å². The van der Waals surface area contributed by atoms with Crippen molar-refractivity contribution in [3.8, 4) is 11.5 Å². The minimum atomic E-state index is 0.546. The number of nitrogens with zero attached hydrogens (tertiary/aromatic N) is 1. The molecule has 0 aliphatic rings. The maximum absolute atomic E-state index is 6.07. The van der Waals surface area contributed by atoms with Crippen molar-refractivity contribution in [3.05, 3.63) is 59.8 Å². The lowest BCUT2D eigenvalue weighted by Crippen LogP contribution is -1.96. The van der Waals surface area contributed by atoms with Crippen molar-refractivity contribution in [1.29, 1.82) is 0 Å². The number of nitrogen functional groups attached to an aromatic ring is 1. The molecular weight excluding hydrogens is 248 g/mol. The molecule has 2 aromatic carbocycles. The normalized spacial score (nSPS) is 10.7. The molecule has 3 rings (SSSR count). The Balaban J connectivity index is 2.15. The fourth-order valence-corrected chi connectivity index (χ4v) is 2.17. The number of aryl methyl sites for hydroxylation is 2. The molecule has 3 aromatic rings. The number of hydrogen-bond acceptors (Lipinski definition) is 3. The number of para-hydroxylation sites is 1. The van der Waals surface area contributed by atoms with E-state index in [0.717, 1.165) is 27.8 Å². The molecule has 0 saturated carbocycles. The summed E-state index contributed by atoms with van der Waals surface area (Å²) in [5.74, 6) is 1.50. The SMILES string of the molecule is Cc1ccc(C)c(Oc2c(N)cnc3ccccc23)c1. The van der Waals surface area contributed by atoms with Crippen molar-refractivity contribution in [2.24, 2.45) is 0 Å². The monoisotopic (exact) mass is 264 g/mol. The third kappa shape index (κ3) is 2.18. The van der Waals surface area contributed by atoms with Crippen LogP contribution in [0.25, 0.3) is 10.9 Å². The highest BCUT2D eigenvalue weighted by molar-refractivity contribution is 5.89. The van der Waals surface area contributed by atoms with Gasteiger partial charge in [0.15, 0.2) is 5.75 Å². The molecule has 1 aromatic heterocycles. The zero-order valence-corrected chi connectivity index (χ0v) is 11.6. The first-order chi connectivity index (χ1) is 9.65. The topological polar surface area (TPSA) is 48.1 Å². The first-order valence-electron chi connectivity index (χ1n) is 6.53. The molecule has 2 N–H and O–H groups in total. The van der Waals surface area contributed by atoms with Crippen LogP contribution in [-0.4, -0.2) is 4.98 Å². The van der Waals surface area contributed by atoms with Crippen LogP contribution in [0.3, 0.4) is 0 Å². The van der Waals surface area contributed by atoms with Gasteiger partial charge < -0.3 is 10.5 Å². The summed E-state index contributed by atoms with van der Waals surface area (Å²) in [6.07, 6.45) is 1.64. The van der Waals surface area contributed by atoms with Gasteiger partial charge in [-0.2, -0.15) is 0 Å². The largest absolute Gasteiger partial charge is 0.454 e. The minimum absolute atomic E-state index is 0.546. The van der Waals surface area contributed by atoms with Crippen LogP contribution in [0.15, 0.2) is 48.7 Å². The molecule has 1 heterocycles. The molecule has 0 saturated heterocycles. The van der Waals surface area contributed by atoms with E-state index in [4.69, 9.17) is 10.5 Å². The summed E-state index contributed by atoms with van der Waals surface area (Å²) in [6, 6.07) is 14.0. The Bertz CT molecular complexity index is 781. The van der Waals surface area contributed by atoms with Gasteiger partial charge in [0.25, 0.3) is 0 Å². The number of pyridine rings is 1. The van der Waals surface area contributed by atoms with Crippen LogP contribution in [0.5, 0.6) is 11.5 Å². The van der Waals surface area contributed by atoms with Crippen LogP contribution in [0.1, 0.15) is 11.1 Å². The summed E-state index contributed by atoms with van der Waals surface area (Å²) >= 11 is 0. The van der Waals surface area contributed by atoms with E-state index in [2.05, 4.69) is 11.1 Å². The third-order valence-electron chi connectivity index (χ3n) is 3.31. The standard InChI is InChI=1S/C17H16N2O/c1-11-7-8-12(2)16(9-11)20-17-13-5-3-4-6-15(13)19-10-14(17)18/h3-10H,18H2,1-2H3. The lowest BCUT2D eigenvalue weighted by molar-refractivity contribution is 0.486. The molecule has 0 radical (unpaired) electrons. The van der Waals surface area contributed by atoms with E-state index in [1.807, 2.05) is 50.2 Å². The number of rotatable bonds is 2. The molecule has 20 heavy (non-hydrogen) atoms. The molecule has 3 nitrogen and oxygen atoms in total. The maximum Gasteiger partial charge on any atom is 0.161 e. The smallest absolute Gasteiger partial charge is 0.161 e. The van der Waals surface area contributed by atoms with Gasteiger partial charge in [0.1, 0.15) is 5.75 Å². The molecule has 0 unspecified atom stereocenters. The minimum Gasteiger partial charge on any atom is -0.454 e. The zero-order chi connectivity index (χ0) is 14.1. The second-order valence-corrected chi connectivity index (χ2v) is 4.93. The van der Waals surface area contributed by atoms with Crippen LogP contribution in [0.2, 0.25) is 0 Å². The van der Waals surface area contributed by atoms with E-state index in [0.29, 0.717) is 11.4 Å². The van der Waals surface area contributed by atoms with Gasteiger partial charge in [0.2, 0.25) is 0 Å². The fraction of sp³-hybridized carbons (Fsp3) is 0.118. The zero-order valence-electron chi connectivity index (χ0n) is 11.6. The predicted octanol–water partition coefficient (Wildman–Crippen LogP) is 4.23. The number of fused-ring (bicyclic) bond motifs is 1. The number of hydrogen-bond donors (Lipinski definition) is 1. The molecule has 3 heteroatoms. The van der Waals surface area contributed by atoms with Gasteiger partial charge >= 0.3 is 0 Å². The summed E-state index contributed by atoms with van der Waals surface area (Å²) in [5, 5.41) is 0.924. The Morgan fingerprint density at radius 1 is 1.05 bits per heavy atom. The second-order valence-electron chi connectivity index (χ2n) is 4.93. The Morgan fingerprint density at radius 2 is 1.85 bits per heavy atom. The average molecular weight is 264 g/mol. The highest BCUT2D eigenvalue weighted by Gasteiger charge is 2.10. The number of anilines is 1. The Kier molecular flexibility index (Phi) is 3.03. The molecule has 0 amide bonds. The van der Waals surface area contributed by atoms with E-state index in [1.54, 1.807) is 6.20 Å². The van der Waals surface area contributed by atoms with Crippen molar-refractivity contribution in [2.45, 2.75) is 13.8 Å². The summed E-state index contributed by atoms with van der Waals surface area (Å²) in [5.41, 5.74) is 9.69. The molecule has 100 valence electrons. The Labute approximate surface area is 118 Å². The number of aromatic nitrogens is 1. The van der Waals surface area contributed by atoms with Crippen LogP contribution >= 0.6 is 0 Å². The van der Waals surface area contributed by atoms with E-state index in [1.165, 1.54) is 0 Å². The maximum atomic E-state index is 6.07. The molecular formula is C17H16N2O. The molecule has 0 aliphatic carbocycles. The van der Waals surface area contributed by atoms with Gasteiger partial charge in [-0.25, -0.2) is 0 Å². The molecule has 0 bridgehead atoms. The van der Waals surface area contributed by atoms with Crippen LogP contribution < -0.4 is 10.5 Å². The summed E-state index contributed by atoms with van der Waals surface area (Å²) < 4.78 is 6.07. The van der Waals surface area contributed by atoms with Crippen LogP contribution in [0, 0.1) is 13.8 Å². The quantitative estimate of drug-likeness (QED) is 0.753. The number of ether oxygens (including phenoxy) is 1. The average Bonchev–Trinajstić information content (AvgIpc) is 2.46. The molecule has 0 spiro atoms. The number of nitrogens with two attached hydrogens (primary N) is 1. The lowest BCUT2D eigenvalue weighted by atomic mass is 10.1. The van der Waals surface area contributed by atoms with Crippen molar-refractivity contribution in [2.75, 3.05) is 5.73 Å². The van der Waals surface area contributed by atoms with E-state index < -0.39 is 0 Å². The van der Waals surface area contributed by atoms with Crippen molar-refractivity contribution in [1.82, 2.24) is 4.98 Å². The lowest BCUT2D eigenvalue weighted by Gasteiger charge is -2.13. The van der Waals surface area contributed by atoms with E-state index >= 15 is 0 Å². The Hall–Kier alpha value is -2.55. The predicted molar refractivity (Wildman–Crippen MR) is 82.1 cm³/mol. The van der Waals surface area contributed by atoms with Gasteiger partial charge in [0.05, 0.1) is 17.4 Å². The van der Waals surface area contributed by atoms with E-state index in [9.17, 15) is 0 Å². The first kappa shape index (κ1) is 12.5. The van der Waals surface area contributed by atoms with Gasteiger partial charge in [0, 0.05) is 5.39 Å². The fourth-order valence-electron chi connectivity index (χ4n) is 2.17. The van der Waals surface area contributed by atoms with Crippen LogP contribution in [-0.2, 0) is 0 Å². The third-order valence-corrected chi connectivity index (χ3v) is 3.31. The molecule has 0 atom stereocenters. The van der Waals surface area contributed by atoms with Gasteiger partial charge in [-0.15, -0.1) is 0 Å². The summed E-state index contributed by atoms with van der Waals surface area (Å²) in [6.45, 7) is 4.06. The van der Waals surface area contributed by atoms with Crippen molar-refractivity contribution >= 4 is 16.6 Å². The van der Waals surface area contributed by atoms with Crippen molar-refractivity contribution in [3.63, 3.8) is 0 Å². The van der Waals surface area contributed by atoms with E-state index in [-0.39, 0.29) is 0 Å². The molecule has 0 fully saturated rings. The second kappa shape index (κ2) is 4.85. The van der Waals surface area contributed by atoms with Gasteiger partial charge in [-0.3, -0.25) is 4.98 Å². The molecule has 0 aliphatic heterocycles. The first-order valence-corrected chi connectivity index (χ1v) is 6.53. The summed E-state index contributed by atoms with van der Waals surface area (Å²) in [7, 11) is 0. The highest BCUT2D eigenvalue weighted by atomic mass is 16.5.